The molecule has 3 rings (SSSR count). The van der Waals surface area contributed by atoms with Crippen molar-refractivity contribution in [2.45, 2.75) is 45.2 Å². The third-order valence-corrected chi connectivity index (χ3v) is 4.87. The van der Waals surface area contributed by atoms with Crippen LogP contribution in [0.3, 0.4) is 0 Å². The van der Waals surface area contributed by atoms with Crippen molar-refractivity contribution in [1.29, 1.82) is 0 Å². The second kappa shape index (κ2) is 7.70. The molecule has 5 heteroatoms. The highest BCUT2D eigenvalue weighted by Crippen LogP contribution is 2.17. The highest BCUT2D eigenvalue weighted by atomic mass is 15.3. The van der Waals surface area contributed by atoms with Crippen molar-refractivity contribution in [3.05, 3.63) is 42.5 Å². The van der Waals surface area contributed by atoms with E-state index in [9.17, 15) is 0 Å². The summed E-state index contributed by atoms with van der Waals surface area (Å²) >= 11 is 0. The summed E-state index contributed by atoms with van der Waals surface area (Å²) in [6.45, 7) is 8.01. The molecule has 5 nitrogen and oxygen atoms in total. The first-order valence-corrected chi connectivity index (χ1v) is 8.66. The zero-order valence-electron chi connectivity index (χ0n) is 14.2. The Balaban J connectivity index is 1.49. The molecule has 2 aromatic rings. The molecule has 1 fully saturated rings. The van der Waals surface area contributed by atoms with Crippen LogP contribution in [-0.4, -0.2) is 45.3 Å². The van der Waals surface area contributed by atoms with Gasteiger partial charge in [-0.05, 0) is 50.9 Å². The van der Waals surface area contributed by atoms with Crippen LogP contribution in [0.5, 0.6) is 0 Å². The molecule has 1 N–H and O–H groups in total. The van der Waals surface area contributed by atoms with Gasteiger partial charge in [0.1, 0.15) is 12.7 Å². The van der Waals surface area contributed by atoms with Gasteiger partial charge in [-0.1, -0.05) is 18.6 Å². The molecular formula is C18H27N5. The first-order valence-electron chi connectivity index (χ1n) is 8.66. The van der Waals surface area contributed by atoms with Crippen molar-refractivity contribution in [3.63, 3.8) is 0 Å². The van der Waals surface area contributed by atoms with Crippen LogP contribution in [0.1, 0.15) is 44.7 Å². The van der Waals surface area contributed by atoms with E-state index in [-0.39, 0.29) is 0 Å². The number of hydrogen-bond donors (Lipinski definition) is 1. The summed E-state index contributed by atoms with van der Waals surface area (Å²) < 4.78 is 1.78. The molecule has 0 amide bonds. The normalized spacial score (nSPS) is 20.5. The molecule has 1 aromatic heterocycles. The molecular weight excluding hydrogens is 286 g/mol. The highest BCUT2D eigenvalue weighted by molar-refractivity contribution is 5.34. The van der Waals surface area contributed by atoms with Gasteiger partial charge in [-0.3, -0.25) is 4.90 Å². The van der Waals surface area contributed by atoms with E-state index in [0.29, 0.717) is 6.04 Å². The van der Waals surface area contributed by atoms with Gasteiger partial charge >= 0.3 is 0 Å². The Bertz CT molecular complexity index is 578. The zero-order chi connectivity index (χ0) is 16.1. The van der Waals surface area contributed by atoms with Gasteiger partial charge < -0.3 is 5.32 Å². The Hall–Kier alpha value is -1.72. The van der Waals surface area contributed by atoms with Crippen LogP contribution < -0.4 is 5.32 Å². The fourth-order valence-electron chi connectivity index (χ4n) is 3.29. The molecule has 0 saturated carbocycles. The van der Waals surface area contributed by atoms with Gasteiger partial charge in [0.25, 0.3) is 0 Å². The third kappa shape index (κ3) is 4.18. The lowest BCUT2D eigenvalue weighted by Gasteiger charge is -2.33. The van der Waals surface area contributed by atoms with Crippen LogP contribution in [0, 0.1) is 0 Å². The predicted molar refractivity (Wildman–Crippen MR) is 92.7 cm³/mol. The Labute approximate surface area is 138 Å². The molecule has 2 atom stereocenters. The van der Waals surface area contributed by atoms with E-state index in [0.717, 1.165) is 24.8 Å². The topological polar surface area (TPSA) is 46.0 Å². The fourth-order valence-corrected chi connectivity index (χ4v) is 3.29. The smallest absolute Gasteiger partial charge is 0.138 e. The van der Waals surface area contributed by atoms with Gasteiger partial charge in [0.2, 0.25) is 0 Å². The summed E-state index contributed by atoms with van der Waals surface area (Å²) in [4.78, 5) is 6.59. The third-order valence-electron chi connectivity index (χ3n) is 4.87. The van der Waals surface area contributed by atoms with Crippen molar-refractivity contribution in [1.82, 2.24) is 25.0 Å². The van der Waals surface area contributed by atoms with Crippen LogP contribution in [0.15, 0.2) is 36.9 Å². The van der Waals surface area contributed by atoms with Crippen molar-refractivity contribution >= 4 is 0 Å². The summed E-state index contributed by atoms with van der Waals surface area (Å²) in [7, 11) is 0. The van der Waals surface area contributed by atoms with Crippen molar-refractivity contribution in [3.8, 4) is 5.69 Å². The largest absolute Gasteiger partial charge is 0.309 e. The molecule has 23 heavy (non-hydrogen) atoms. The number of piperidine rings is 1. The van der Waals surface area contributed by atoms with Gasteiger partial charge in [-0.2, -0.15) is 5.10 Å². The van der Waals surface area contributed by atoms with Crippen LogP contribution in [0.2, 0.25) is 0 Å². The van der Waals surface area contributed by atoms with E-state index < -0.39 is 0 Å². The van der Waals surface area contributed by atoms with Crippen molar-refractivity contribution in [2.75, 3.05) is 19.6 Å². The maximum Gasteiger partial charge on any atom is 0.138 e. The average Bonchev–Trinajstić information content (AvgIpc) is 3.11. The Kier molecular flexibility index (Phi) is 5.41. The Morgan fingerprint density at radius 2 is 2.09 bits per heavy atom. The van der Waals surface area contributed by atoms with Gasteiger partial charge in [0.05, 0.1) is 5.69 Å². The summed E-state index contributed by atoms with van der Waals surface area (Å²) in [5.41, 5.74) is 2.35. The molecule has 0 unspecified atom stereocenters. The van der Waals surface area contributed by atoms with Crippen molar-refractivity contribution in [2.24, 2.45) is 0 Å². The monoisotopic (exact) mass is 313 g/mol. The maximum absolute atomic E-state index is 4.15. The summed E-state index contributed by atoms with van der Waals surface area (Å²) in [6.07, 6.45) is 7.36. The lowest BCUT2D eigenvalue weighted by Crippen LogP contribution is -2.41. The average molecular weight is 313 g/mol. The standard InChI is InChI=1S/C18H27N5/c1-15-5-3-4-11-22(15)12-10-20-16(2)17-6-8-18(9-7-17)23-14-19-13-21-23/h6-9,13-16,20H,3-5,10-12H2,1-2H3/t15-,16-/m1/s1. The summed E-state index contributed by atoms with van der Waals surface area (Å²) in [5, 5.41) is 7.80. The lowest BCUT2D eigenvalue weighted by molar-refractivity contribution is 0.160. The van der Waals surface area contributed by atoms with Gasteiger partial charge in [-0.15, -0.1) is 0 Å². The minimum Gasteiger partial charge on any atom is -0.309 e. The maximum atomic E-state index is 4.15. The lowest BCUT2D eigenvalue weighted by atomic mass is 10.0. The molecule has 0 aliphatic carbocycles. The fraction of sp³-hybridized carbons (Fsp3) is 0.556. The van der Waals surface area contributed by atoms with Gasteiger partial charge in [0.15, 0.2) is 0 Å². The number of nitrogens with one attached hydrogen (secondary N) is 1. The van der Waals surface area contributed by atoms with E-state index >= 15 is 0 Å². The van der Waals surface area contributed by atoms with Gasteiger partial charge in [-0.25, -0.2) is 9.67 Å². The first kappa shape index (κ1) is 16.1. The minimum absolute atomic E-state index is 0.361. The SMILES string of the molecule is C[C@@H]1CCCCN1CCN[C@H](C)c1ccc(-n2cncn2)cc1. The molecule has 1 saturated heterocycles. The van der Waals surface area contributed by atoms with Crippen LogP contribution in [0.4, 0.5) is 0 Å². The quantitative estimate of drug-likeness (QED) is 0.891. The van der Waals surface area contributed by atoms with Gasteiger partial charge in [0, 0.05) is 25.2 Å². The van der Waals surface area contributed by atoms with E-state index in [4.69, 9.17) is 0 Å². The van der Waals surface area contributed by atoms with Crippen LogP contribution in [-0.2, 0) is 0 Å². The minimum atomic E-state index is 0.361. The van der Waals surface area contributed by atoms with E-state index in [1.54, 1.807) is 17.3 Å². The molecule has 1 aliphatic rings. The Morgan fingerprint density at radius 3 is 2.78 bits per heavy atom. The zero-order valence-corrected chi connectivity index (χ0v) is 14.2. The second-order valence-corrected chi connectivity index (χ2v) is 6.49. The van der Waals surface area contributed by atoms with E-state index in [2.05, 4.69) is 58.4 Å². The number of aromatic nitrogens is 3. The number of hydrogen-bond acceptors (Lipinski definition) is 4. The molecule has 124 valence electrons. The van der Waals surface area contributed by atoms with Crippen LogP contribution in [0.25, 0.3) is 5.69 Å². The summed E-state index contributed by atoms with van der Waals surface area (Å²) in [6, 6.07) is 9.61. The predicted octanol–water partition coefficient (Wildman–Crippen LogP) is 2.79. The van der Waals surface area contributed by atoms with E-state index in [1.807, 2.05) is 0 Å². The first-order chi connectivity index (χ1) is 11.2. The number of nitrogens with zero attached hydrogens (tertiary/aromatic N) is 4. The molecule has 0 bridgehead atoms. The van der Waals surface area contributed by atoms with Crippen molar-refractivity contribution < 1.29 is 0 Å². The number of rotatable bonds is 6. The molecule has 1 aliphatic heterocycles. The second-order valence-electron chi connectivity index (χ2n) is 6.49. The molecule has 1 aromatic carbocycles. The highest BCUT2D eigenvalue weighted by Gasteiger charge is 2.17. The molecule has 2 heterocycles. The number of benzene rings is 1. The molecule has 0 spiro atoms. The van der Waals surface area contributed by atoms with Crippen LogP contribution >= 0.6 is 0 Å². The molecule has 0 radical (unpaired) electrons. The van der Waals surface area contributed by atoms with E-state index in [1.165, 1.54) is 31.4 Å². The number of likely N-dealkylation sites (tertiary alicyclic amines) is 1. The Morgan fingerprint density at radius 1 is 1.26 bits per heavy atom. The summed E-state index contributed by atoms with van der Waals surface area (Å²) in [5.74, 6) is 0.